The third-order valence-corrected chi connectivity index (χ3v) is 7.15. The molecule has 0 radical (unpaired) electrons. The maximum atomic E-state index is 12.0. The van der Waals surface area contributed by atoms with Crippen molar-refractivity contribution < 1.29 is 9.53 Å². The van der Waals surface area contributed by atoms with Crippen LogP contribution in [0.3, 0.4) is 0 Å². The minimum Gasteiger partial charge on any atom is -0.465 e. The zero-order valence-electron chi connectivity index (χ0n) is 20.1. The normalized spacial score (nSPS) is 11.7. The molecule has 2 aromatic heterocycles. The average Bonchev–Trinajstić information content (AvgIpc) is 3.38. The summed E-state index contributed by atoms with van der Waals surface area (Å²) in [7, 11) is 0. The van der Waals surface area contributed by atoms with Crippen LogP contribution in [0, 0.1) is 25.2 Å². The highest BCUT2D eigenvalue weighted by Gasteiger charge is 2.35. The Kier molecular flexibility index (Phi) is 7.20. The lowest BCUT2D eigenvalue weighted by Gasteiger charge is -2.20. The number of esters is 1. The molecule has 0 amide bonds. The maximum Gasteiger partial charge on any atom is 0.317 e. The lowest BCUT2D eigenvalue weighted by molar-refractivity contribution is -0.148. The predicted molar refractivity (Wildman–Crippen MR) is 137 cm³/mol. The monoisotopic (exact) mass is 479 g/mol. The van der Waals surface area contributed by atoms with Gasteiger partial charge in [0, 0.05) is 10.8 Å². The highest BCUT2D eigenvalue weighted by Crippen LogP contribution is 2.34. The van der Waals surface area contributed by atoms with Gasteiger partial charge in [0.15, 0.2) is 0 Å². The molecule has 0 aliphatic carbocycles. The Morgan fingerprint density at radius 3 is 1.91 bits per heavy atom. The fourth-order valence-corrected chi connectivity index (χ4v) is 5.27. The van der Waals surface area contributed by atoms with E-state index in [0.717, 1.165) is 31.6 Å². The zero-order chi connectivity index (χ0) is 24.4. The fourth-order valence-electron chi connectivity index (χ4n) is 3.47. The molecule has 172 valence electrons. The Morgan fingerprint density at radius 2 is 1.42 bits per heavy atom. The van der Waals surface area contributed by atoms with Crippen LogP contribution in [0.5, 0.6) is 0 Å². The van der Waals surface area contributed by atoms with Gasteiger partial charge < -0.3 is 4.74 Å². The van der Waals surface area contributed by atoms with Crippen molar-refractivity contribution in [1.82, 2.24) is 8.75 Å². The Balaban J connectivity index is 0.000000189. The molecule has 4 rings (SSSR count). The molecule has 0 spiro atoms. The molecule has 0 fully saturated rings. The quantitative estimate of drug-likeness (QED) is 0.299. The second kappa shape index (κ2) is 9.58. The van der Waals surface area contributed by atoms with Gasteiger partial charge in [-0.05, 0) is 95.8 Å². The van der Waals surface area contributed by atoms with Crippen LogP contribution in [0.1, 0.15) is 57.1 Å². The van der Waals surface area contributed by atoms with Gasteiger partial charge >= 0.3 is 5.97 Å². The zero-order valence-corrected chi connectivity index (χ0v) is 21.8. The van der Waals surface area contributed by atoms with Crippen molar-refractivity contribution in [3.05, 3.63) is 58.9 Å². The van der Waals surface area contributed by atoms with Gasteiger partial charge in [-0.3, -0.25) is 4.79 Å². The van der Waals surface area contributed by atoms with Crippen LogP contribution in [0.15, 0.2) is 36.4 Å². The second-order valence-electron chi connectivity index (χ2n) is 9.14. The molecule has 7 heteroatoms. The van der Waals surface area contributed by atoms with Crippen molar-refractivity contribution in [2.75, 3.05) is 6.61 Å². The van der Waals surface area contributed by atoms with Crippen LogP contribution in [0.2, 0.25) is 0 Å². The van der Waals surface area contributed by atoms with Crippen molar-refractivity contribution in [3.63, 3.8) is 0 Å². The first-order chi connectivity index (χ1) is 15.5. The SMILES string of the molecule is CCOC(=O)C(C)(C)c1nsc2ccc(C)cc12.Cc1ccc2snc(C(C)(C)C#N)c2c1. The minimum absolute atomic E-state index is 0.223. The molecule has 0 aliphatic rings. The summed E-state index contributed by atoms with van der Waals surface area (Å²) >= 11 is 2.89. The van der Waals surface area contributed by atoms with Crippen molar-refractivity contribution in [2.45, 2.75) is 59.3 Å². The van der Waals surface area contributed by atoms with Gasteiger partial charge in [-0.2, -0.15) is 14.0 Å². The lowest BCUT2D eigenvalue weighted by atomic mass is 9.87. The lowest BCUT2D eigenvalue weighted by Crippen LogP contribution is -2.31. The van der Waals surface area contributed by atoms with Crippen molar-refractivity contribution >= 4 is 49.2 Å². The molecule has 33 heavy (non-hydrogen) atoms. The molecule has 0 N–H and O–H groups in total. The standard InChI is InChI=1S/C14H17NO2S.C12H12N2S/c1-5-17-13(16)14(3,4)12-10-8-9(2)6-7-11(10)18-15-12;1-8-4-5-10-9(6-8)11(14-15-10)12(2,3)7-13/h6-8H,5H2,1-4H3;4-6H,1-3H3. The van der Waals surface area contributed by atoms with E-state index < -0.39 is 10.8 Å². The Morgan fingerprint density at radius 1 is 0.939 bits per heavy atom. The fraction of sp³-hybridized carbons (Fsp3) is 0.385. The smallest absolute Gasteiger partial charge is 0.317 e. The summed E-state index contributed by atoms with van der Waals surface area (Å²) in [6.07, 6.45) is 0. The number of carbonyl (C=O) groups excluding carboxylic acids is 1. The molecule has 0 saturated carbocycles. The Labute approximate surface area is 203 Å². The number of carbonyl (C=O) groups is 1. The van der Waals surface area contributed by atoms with E-state index in [1.165, 1.54) is 34.2 Å². The molecule has 2 heterocycles. The number of benzene rings is 2. The van der Waals surface area contributed by atoms with E-state index in [1.807, 2.05) is 47.6 Å². The topological polar surface area (TPSA) is 75.9 Å². The number of fused-ring (bicyclic) bond motifs is 2. The van der Waals surface area contributed by atoms with E-state index in [-0.39, 0.29) is 5.97 Å². The second-order valence-corrected chi connectivity index (χ2v) is 10.8. The largest absolute Gasteiger partial charge is 0.465 e. The summed E-state index contributed by atoms with van der Waals surface area (Å²) in [4.78, 5) is 12.0. The number of nitriles is 1. The number of ether oxygens (including phenoxy) is 1. The van der Waals surface area contributed by atoms with Gasteiger partial charge in [0.1, 0.15) is 5.41 Å². The molecule has 0 bridgehead atoms. The first-order valence-electron chi connectivity index (χ1n) is 10.8. The number of hydrogen-bond donors (Lipinski definition) is 0. The van der Waals surface area contributed by atoms with Crippen LogP contribution in [0.25, 0.3) is 20.2 Å². The molecule has 0 unspecified atom stereocenters. The molecule has 4 aromatic rings. The van der Waals surface area contributed by atoms with Gasteiger partial charge in [0.2, 0.25) is 0 Å². The van der Waals surface area contributed by atoms with E-state index in [1.54, 1.807) is 0 Å². The van der Waals surface area contributed by atoms with Crippen molar-refractivity contribution in [2.24, 2.45) is 0 Å². The molecule has 0 atom stereocenters. The molecular weight excluding hydrogens is 450 g/mol. The van der Waals surface area contributed by atoms with E-state index in [4.69, 9.17) is 10.00 Å². The van der Waals surface area contributed by atoms with E-state index in [9.17, 15) is 4.79 Å². The van der Waals surface area contributed by atoms with Gasteiger partial charge in [-0.15, -0.1) is 0 Å². The summed E-state index contributed by atoms with van der Waals surface area (Å²) in [5.74, 6) is -0.223. The summed E-state index contributed by atoms with van der Waals surface area (Å²) in [6, 6.07) is 14.7. The van der Waals surface area contributed by atoms with E-state index >= 15 is 0 Å². The molecule has 5 nitrogen and oxygen atoms in total. The number of nitrogens with zero attached hydrogens (tertiary/aromatic N) is 3. The van der Waals surface area contributed by atoms with Gasteiger partial charge in [0.25, 0.3) is 0 Å². The summed E-state index contributed by atoms with van der Waals surface area (Å²) in [5.41, 5.74) is 2.87. The number of aryl methyl sites for hydroxylation is 2. The van der Waals surface area contributed by atoms with E-state index in [0.29, 0.717) is 6.61 Å². The van der Waals surface area contributed by atoms with Gasteiger partial charge in [-0.25, -0.2) is 0 Å². The summed E-state index contributed by atoms with van der Waals surface area (Å²) < 4.78 is 16.2. The first-order valence-corrected chi connectivity index (χ1v) is 12.4. The van der Waals surface area contributed by atoms with Crippen LogP contribution in [-0.4, -0.2) is 21.3 Å². The number of hydrogen-bond acceptors (Lipinski definition) is 7. The third-order valence-electron chi connectivity index (χ3n) is 5.50. The van der Waals surface area contributed by atoms with Gasteiger partial charge in [-0.1, -0.05) is 23.3 Å². The average molecular weight is 480 g/mol. The number of aromatic nitrogens is 2. The maximum absolute atomic E-state index is 12.0. The minimum atomic E-state index is -0.706. The highest BCUT2D eigenvalue weighted by atomic mass is 32.1. The van der Waals surface area contributed by atoms with E-state index in [2.05, 4.69) is 52.1 Å². The summed E-state index contributed by atoms with van der Waals surface area (Å²) in [5, 5.41) is 11.3. The Hall–Kier alpha value is -2.82. The number of rotatable bonds is 4. The van der Waals surface area contributed by atoms with Crippen LogP contribution < -0.4 is 0 Å². The first kappa shape index (κ1) is 24.8. The van der Waals surface area contributed by atoms with Crippen LogP contribution in [0.4, 0.5) is 0 Å². The van der Waals surface area contributed by atoms with Crippen LogP contribution >= 0.6 is 23.1 Å². The predicted octanol–water partition coefficient (Wildman–Crippen LogP) is 6.85. The van der Waals surface area contributed by atoms with Crippen LogP contribution in [-0.2, 0) is 20.4 Å². The third kappa shape index (κ3) is 5.07. The molecule has 2 aromatic carbocycles. The molecular formula is C26H29N3O2S2. The summed E-state index contributed by atoms with van der Waals surface area (Å²) in [6.45, 7) is 13.8. The molecule has 0 saturated heterocycles. The van der Waals surface area contributed by atoms with Gasteiger partial charge in [0.05, 0.1) is 38.9 Å². The van der Waals surface area contributed by atoms with Crippen molar-refractivity contribution in [3.8, 4) is 6.07 Å². The highest BCUT2D eigenvalue weighted by molar-refractivity contribution is 7.13. The molecule has 0 aliphatic heterocycles. The Bertz CT molecular complexity index is 1340. The van der Waals surface area contributed by atoms with Crippen molar-refractivity contribution in [1.29, 1.82) is 5.26 Å².